The number of amides is 2. The summed E-state index contributed by atoms with van der Waals surface area (Å²) in [5.74, 6) is -0.218. The molecule has 0 bridgehead atoms. The van der Waals surface area contributed by atoms with Crippen molar-refractivity contribution in [2.45, 2.75) is 26.7 Å². The number of benzene rings is 2. The second-order valence-electron chi connectivity index (χ2n) is 5.56. The number of carbonyl (C=O) groups is 2. The monoisotopic (exact) mass is 339 g/mol. The summed E-state index contributed by atoms with van der Waals surface area (Å²) in [6, 6.07) is 13.2. The molecule has 0 aliphatic heterocycles. The van der Waals surface area contributed by atoms with E-state index in [9.17, 15) is 14.7 Å². The fourth-order valence-corrected chi connectivity index (χ4v) is 2.12. The van der Waals surface area contributed by atoms with Crippen LogP contribution in [0.5, 0.6) is 5.75 Å². The first kappa shape index (κ1) is 18.2. The Hall–Kier alpha value is -3.15. The Morgan fingerprint density at radius 2 is 1.60 bits per heavy atom. The molecule has 0 fully saturated rings. The molecule has 6 heteroatoms. The third kappa shape index (κ3) is 5.46. The van der Waals surface area contributed by atoms with Crippen molar-refractivity contribution < 1.29 is 14.7 Å². The SMILES string of the molecule is CCCC(=O)Nc1ccc(C(=O)N/N=C(\C)c2ccc(O)cc2)cc1. The molecule has 2 amide bonds. The van der Waals surface area contributed by atoms with Gasteiger partial charge in [-0.2, -0.15) is 5.10 Å². The van der Waals surface area contributed by atoms with Crippen molar-refractivity contribution in [1.29, 1.82) is 0 Å². The summed E-state index contributed by atoms with van der Waals surface area (Å²) in [5, 5.41) is 16.1. The van der Waals surface area contributed by atoms with Crippen LogP contribution in [0, 0.1) is 0 Å². The second kappa shape index (κ2) is 8.63. The summed E-state index contributed by atoms with van der Waals surface area (Å²) in [6.45, 7) is 3.70. The fourth-order valence-electron chi connectivity index (χ4n) is 2.12. The number of anilines is 1. The molecular weight excluding hydrogens is 318 g/mol. The van der Waals surface area contributed by atoms with Gasteiger partial charge in [0.1, 0.15) is 5.75 Å². The van der Waals surface area contributed by atoms with Crippen LogP contribution < -0.4 is 10.7 Å². The third-order valence-corrected chi connectivity index (χ3v) is 3.52. The highest BCUT2D eigenvalue weighted by atomic mass is 16.3. The van der Waals surface area contributed by atoms with E-state index in [-0.39, 0.29) is 17.6 Å². The van der Waals surface area contributed by atoms with E-state index in [1.807, 2.05) is 6.92 Å². The zero-order chi connectivity index (χ0) is 18.2. The Kier molecular flexibility index (Phi) is 6.28. The minimum absolute atomic E-state index is 0.0474. The number of rotatable bonds is 6. The Bertz CT molecular complexity index is 766. The van der Waals surface area contributed by atoms with Gasteiger partial charge in [0.2, 0.25) is 5.91 Å². The summed E-state index contributed by atoms with van der Waals surface area (Å²) in [6.07, 6.45) is 1.25. The van der Waals surface area contributed by atoms with Crippen LogP contribution in [-0.4, -0.2) is 22.6 Å². The number of nitrogens with zero attached hydrogens (tertiary/aromatic N) is 1. The number of carbonyl (C=O) groups excluding carboxylic acids is 2. The lowest BCUT2D eigenvalue weighted by atomic mass is 10.1. The van der Waals surface area contributed by atoms with E-state index < -0.39 is 0 Å². The molecule has 0 spiro atoms. The van der Waals surface area contributed by atoms with Gasteiger partial charge < -0.3 is 10.4 Å². The summed E-state index contributed by atoms with van der Waals surface area (Å²) < 4.78 is 0. The molecule has 0 unspecified atom stereocenters. The van der Waals surface area contributed by atoms with Gasteiger partial charge in [-0.15, -0.1) is 0 Å². The van der Waals surface area contributed by atoms with Gasteiger partial charge in [-0.25, -0.2) is 5.43 Å². The highest BCUT2D eigenvalue weighted by Crippen LogP contribution is 2.12. The van der Waals surface area contributed by atoms with Gasteiger partial charge in [0.15, 0.2) is 0 Å². The molecule has 0 aliphatic carbocycles. The molecule has 2 aromatic rings. The molecule has 0 aromatic heterocycles. The molecule has 0 heterocycles. The maximum atomic E-state index is 12.1. The van der Waals surface area contributed by atoms with Crippen molar-refractivity contribution in [3.63, 3.8) is 0 Å². The molecule has 0 saturated heterocycles. The summed E-state index contributed by atoms with van der Waals surface area (Å²) in [7, 11) is 0. The number of phenolic OH excluding ortho intramolecular Hbond substituents is 1. The van der Waals surface area contributed by atoms with Gasteiger partial charge in [0, 0.05) is 17.7 Å². The lowest BCUT2D eigenvalue weighted by Gasteiger charge is -2.06. The predicted octanol–water partition coefficient (Wildman–Crippen LogP) is 3.28. The Balaban J connectivity index is 1.97. The Morgan fingerprint density at radius 3 is 2.20 bits per heavy atom. The zero-order valence-electron chi connectivity index (χ0n) is 14.2. The molecule has 130 valence electrons. The van der Waals surface area contributed by atoms with Gasteiger partial charge in [-0.1, -0.05) is 6.92 Å². The van der Waals surface area contributed by atoms with Crippen LogP contribution in [0.2, 0.25) is 0 Å². The quantitative estimate of drug-likeness (QED) is 0.557. The normalized spacial score (nSPS) is 11.0. The van der Waals surface area contributed by atoms with E-state index in [1.165, 1.54) is 0 Å². The fraction of sp³-hybridized carbons (Fsp3) is 0.211. The highest BCUT2D eigenvalue weighted by Gasteiger charge is 2.06. The van der Waals surface area contributed by atoms with Gasteiger partial charge in [-0.3, -0.25) is 9.59 Å². The van der Waals surface area contributed by atoms with Crippen LogP contribution in [0.4, 0.5) is 5.69 Å². The molecule has 0 saturated carbocycles. The van der Waals surface area contributed by atoms with E-state index >= 15 is 0 Å². The van der Waals surface area contributed by atoms with Crippen molar-refractivity contribution in [1.82, 2.24) is 5.43 Å². The molecule has 3 N–H and O–H groups in total. The number of phenols is 1. The van der Waals surface area contributed by atoms with Crippen LogP contribution in [-0.2, 0) is 4.79 Å². The minimum atomic E-state index is -0.343. The zero-order valence-corrected chi connectivity index (χ0v) is 14.2. The molecule has 25 heavy (non-hydrogen) atoms. The Morgan fingerprint density at radius 1 is 1.00 bits per heavy atom. The van der Waals surface area contributed by atoms with E-state index in [4.69, 9.17) is 0 Å². The van der Waals surface area contributed by atoms with Crippen molar-refractivity contribution >= 4 is 23.2 Å². The van der Waals surface area contributed by atoms with Gasteiger partial charge in [0.25, 0.3) is 5.91 Å². The van der Waals surface area contributed by atoms with Gasteiger partial charge in [-0.05, 0) is 67.4 Å². The van der Waals surface area contributed by atoms with E-state index in [0.29, 0.717) is 23.4 Å². The number of aromatic hydroxyl groups is 1. The topological polar surface area (TPSA) is 90.8 Å². The largest absolute Gasteiger partial charge is 0.508 e. The average Bonchev–Trinajstić information content (AvgIpc) is 2.61. The molecule has 0 aliphatic rings. The van der Waals surface area contributed by atoms with Crippen LogP contribution in [0.15, 0.2) is 53.6 Å². The number of hydrazone groups is 1. The van der Waals surface area contributed by atoms with Crippen molar-refractivity contribution in [3.8, 4) is 5.75 Å². The molecule has 2 aromatic carbocycles. The smallest absolute Gasteiger partial charge is 0.271 e. The van der Waals surface area contributed by atoms with E-state index in [2.05, 4.69) is 15.8 Å². The average molecular weight is 339 g/mol. The second-order valence-corrected chi connectivity index (χ2v) is 5.56. The summed E-state index contributed by atoms with van der Waals surface area (Å²) in [4.78, 5) is 23.7. The van der Waals surface area contributed by atoms with Crippen molar-refractivity contribution in [3.05, 3.63) is 59.7 Å². The number of hydrogen-bond donors (Lipinski definition) is 3. The first-order chi connectivity index (χ1) is 12.0. The van der Waals surface area contributed by atoms with Gasteiger partial charge in [0.05, 0.1) is 5.71 Å². The first-order valence-electron chi connectivity index (χ1n) is 8.03. The number of nitrogens with one attached hydrogen (secondary N) is 2. The highest BCUT2D eigenvalue weighted by molar-refractivity contribution is 6.01. The van der Waals surface area contributed by atoms with E-state index in [1.54, 1.807) is 55.5 Å². The maximum Gasteiger partial charge on any atom is 0.271 e. The third-order valence-electron chi connectivity index (χ3n) is 3.52. The lowest BCUT2D eigenvalue weighted by Crippen LogP contribution is -2.19. The standard InChI is InChI=1S/C19H21N3O3/c1-3-4-18(24)20-16-9-5-15(6-10-16)19(25)22-21-13(2)14-7-11-17(23)12-8-14/h5-12,23H,3-4H2,1-2H3,(H,20,24)(H,22,25)/b21-13+. The number of hydrogen-bond acceptors (Lipinski definition) is 4. The van der Waals surface area contributed by atoms with Crippen molar-refractivity contribution in [2.75, 3.05) is 5.32 Å². The molecular formula is C19H21N3O3. The van der Waals surface area contributed by atoms with Crippen LogP contribution in [0.25, 0.3) is 0 Å². The minimum Gasteiger partial charge on any atom is -0.508 e. The molecule has 0 radical (unpaired) electrons. The van der Waals surface area contributed by atoms with E-state index in [0.717, 1.165) is 12.0 Å². The van der Waals surface area contributed by atoms with Crippen molar-refractivity contribution in [2.24, 2.45) is 5.10 Å². The molecule has 0 atom stereocenters. The first-order valence-corrected chi connectivity index (χ1v) is 8.03. The summed E-state index contributed by atoms with van der Waals surface area (Å²) >= 11 is 0. The van der Waals surface area contributed by atoms with Crippen LogP contribution >= 0.6 is 0 Å². The summed E-state index contributed by atoms with van der Waals surface area (Å²) in [5.41, 5.74) is 5.00. The van der Waals surface area contributed by atoms with Gasteiger partial charge >= 0.3 is 0 Å². The lowest BCUT2D eigenvalue weighted by molar-refractivity contribution is -0.116. The molecule has 2 rings (SSSR count). The van der Waals surface area contributed by atoms with Crippen LogP contribution in [0.1, 0.15) is 42.6 Å². The Labute approximate surface area is 146 Å². The van der Waals surface area contributed by atoms with Crippen LogP contribution in [0.3, 0.4) is 0 Å². The molecule has 6 nitrogen and oxygen atoms in total. The predicted molar refractivity (Wildman–Crippen MR) is 97.8 cm³/mol. The maximum absolute atomic E-state index is 12.1.